The molecule has 1 amide bonds. The lowest BCUT2D eigenvalue weighted by molar-refractivity contribution is -0.122. The number of hydrogen-bond acceptors (Lipinski definition) is 4. The summed E-state index contributed by atoms with van der Waals surface area (Å²) in [7, 11) is -2.16. The van der Waals surface area contributed by atoms with E-state index < -0.39 is 16.1 Å². The number of hydrogen-bond donors (Lipinski definition) is 2. The number of ether oxygens (including phenoxy) is 1. The van der Waals surface area contributed by atoms with Gasteiger partial charge in [0.05, 0.1) is 4.90 Å². The van der Waals surface area contributed by atoms with Gasteiger partial charge in [0.1, 0.15) is 5.75 Å². The monoisotopic (exact) mass is 412 g/mol. The summed E-state index contributed by atoms with van der Waals surface area (Å²) in [6.07, 6.45) is -0.702. The highest BCUT2D eigenvalue weighted by molar-refractivity contribution is 9.10. The summed E-state index contributed by atoms with van der Waals surface area (Å²) in [6.45, 7) is 1.64. The Kier molecular flexibility index (Phi) is 5.98. The summed E-state index contributed by atoms with van der Waals surface area (Å²) in [4.78, 5) is 12.3. The molecule has 0 heterocycles. The van der Waals surface area contributed by atoms with Gasteiger partial charge in [-0.25, -0.2) is 13.1 Å². The fourth-order valence-electron chi connectivity index (χ4n) is 1.85. The average Bonchev–Trinajstić information content (AvgIpc) is 2.57. The molecule has 2 rings (SSSR count). The van der Waals surface area contributed by atoms with Crippen LogP contribution in [-0.2, 0) is 14.8 Å². The van der Waals surface area contributed by atoms with Crippen molar-refractivity contribution in [1.29, 1.82) is 0 Å². The van der Waals surface area contributed by atoms with Crippen molar-refractivity contribution in [2.45, 2.75) is 17.9 Å². The second-order valence-corrected chi connectivity index (χ2v) is 7.74. The smallest absolute Gasteiger partial charge is 0.265 e. The first-order valence-corrected chi connectivity index (χ1v) is 9.36. The molecule has 8 heteroatoms. The normalized spacial score (nSPS) is 12.5. The molecule has 0 saturated carbocycles. The van der Waals surface area contributed by atoms with E-state index in [0.29, 0.717) is 11.4 Å². The Balaban J connectivity index is 1.99. The number of anilines is 1. The van der Waals surface area contributed by atoms with E-state index in [1.807, 2.05) is 12.1 Å². The Morgan fingerprint density at radius 1 is 1.08 bits per heavy atom. The maximum atomic E-state index is 12.1. The van der Waals surface area contributed by atoms with Gasteiger partial charge in [0.2, 0.25) is 10.0 Å². The predicted octanol–water partition coefficient (Wildman–Crippen LogP) is 2.76. The molecule has 0 aromatic heterocycles. The summed E-state index contributed by atoms with van der Waals surface area (Å²) in [5, 5.41) is 2.68. The number of sulfonamides is 1. The zero-order valence-corrected chi connectivity index (χ0v) is 15.5. The van der Waals surface area contributed by atoms with E-state index in [4.69, 9.17) is 4.74 Å². The van der Waals surface area contributed by atoms with Crippen LogP contribution in [0.1, 0.15) is 6.92 Å². The van der Waals surface area contributed by atoms with E-state index >= 15 is 0 Å². The van der Waals surface area contributed by atoms with Gasteiger partial charge in [-0.05, 0) is 62.5 Å². The molecule has 128 valence electrons. The van der Waals surface area contributed by atoms with Gasteiger partial charge in [0, 0.05) is 10.2 Å². The maximum Gasteiger partial charge on any atom is 0.265 e. The van der Waals surface area contributed by atoms with Gasteiger partial charge in [0.15, 0.2) is 6.10 Å². The van der Waals surface area contributed by atoms with Crippen LogP contribution in [0.15, 0.2) is 57.9 Å². The van der Waals surface area contributed by atoms with Gasteiger partial charge in [-0.15, -0.1) is 0 Å². The molecule has 0 radical (unpaired) electrons. The fraction of sp³-hybridized carbons (Fsp3) is 0.188. The molecule has 0 spiro atoms. The molecule has 2 aromatic carbocycles. The van der Waals surface area contributed by atoms with Crippen LogP contribution in [0.3, 0.4) is 0 Å². The highest BCUT2D eigenvalue weighted by Crippen LogP contribution is 2.18. The SMILES string of the molecule is CNS(=O)(=O)c1ccc(NC(=O)[C@H](C)Oc2ccc(Br)cc2)cc1. The summed E-state index contributed by atoms with van der Waals surface area (Å²) < 4.78 is 32.0. The molecule has 0 aliphatic carbocycles. The van der Waals surface area contributed by atoms with Gasteiger partial charge < -0.3 is 10.1 Å². The molecule has 0 aliphatic rings. The van der Waals surface area contributed by atoms with E-state index in [1.165, 1.54) is 31.3 Å². The first-order valence-electron chi connectivity index (χ1n) is 7.08. The van der Waals surface area contributed by atoms with Crippen LogP contribution >= 0.6 is 15.9 Å². The van der Waals surface area contributed by atoms with E-state index in [1.54, 1.807) is 19.1 Å². The summed E-state index contributed by atoms with van der Waals surface area (Å²) in [5.41, 5.74) is 0.487. The lowest BCUT2D eigenvalue weighted by Gasteiger charge is -2.15. The molecule has 6 nitrogen and oxygen atoms in total. The van der Waals surface area contributed by atoms with Crippen molar-refractivity contribution in [3.05, 3.63) is 53.0 Å². The molecule has 2 N–H and O–H groups in total. The van der Waals surface area contributed by atoms with Crippen LogP contribution in [0.5, 0.6) is 5.75 Å². The van der Waals surface area contributed by atoms with Crippen molar-refractivity contribution in [2.24, 2.45) is 0 Å². The van der Waals surface area contributed by atoms with Crippen molar-refractivity contribution < 1.29 is 17.9 Å². The zero-order chi connectivity index (χ0) is 17.7. The molecule has 0 saturated heterocycles. The van der Waals surface area contributed by atoms with Crippen LogP contribution in [-0.4, -0.2) is 27.5 Å². The topological polar surface area (TPSA) is 84.5 Å². The van der Waals surface area contributed by atoms with Crippen molar-refractivity contribution in [2.75, 3.05) is 12.4 Å². The minimum atomic E-state index is -3.50. The Bertz CT molecular complexity index is 805. The molecule has 0 fully saturated rings. The van der Waals surface area contributed by atoms with Crippen molar-refractivity contribution >= 4 is 37.5 Å². The van der Waals surface area contributed by atoms with Crippen LogP contribution < -0.4 is 14.8 Å². The largest absolute Gasteiger partial charge is 0.481 e. The zero-order valence-electron chi connectivity index (χ0n) is 13.1. The Hall–Kier alpha value is -1.90. The number of halogens is 1. The standard InChI is InChI=1S/C16H17BrN2O4S/c1-11(23-14-7-3-12(17)4-8-14)16(20)19-13-5-9-15(10-6-13)24(21,22)18-2/h3-11,18H,1-2H3,(H,19,20)/t11-/m0/s1. The molecule has 0 aliphatic heterocycles. The summed E-state index contributed by atoms with van der Waals surface area (Å²) in [5.74, 6) is 0.249. The molecule has 0 unspecified atom stereocenters. The first kappa shape index (κ1) is 18.4. The first-order chi connectivity index (χ1) is 11.3. The van der Waals surface area contributed by atoms with Crippen LogP contribution in [0.2, 0.25) is 0 Å². The van der Waals surface area contributed by atoms with Crippen LogP contribution in [0, 0.1) is 0 Å². The van der Waals surface area contributed by atoms with Crippen molar-refractivity contribution in [3.8, 4) is 5.75 Å². The summed E-state index contributed by atoms with van der Waals surface area (Å²) in [6, 6.07) is 13.0. The Morgan fingerprint density at radius 2 is 1.67 bits per heavy atom. The third-order valence-electron chi connectivity index (χ3n) is 3.20. The number of benzene rings is 2. The minimum Gasteiger partial charge on any atom is -0.481 e. The van der Waals surface area contributed by atoms with Gasteiger partial charge >= 0.3 is 0 Å². The van der Waals surface area contributed by atoms with E-state index in [2.05, 4.69) is 26.0 Å². The van der Waals surface area contributed by atoms with Gasteiger partial charge in [-0.3, -0.25) is 4.79 Å². The fourth-order valence-corrected chi connectivity index (χ4v) is 2.84. The van der Waals surface area contributed by atoms with Gasteiger partial charge in [-0.1, -0.05) is 15.9 Å². The lowest BCUT2D eigenvalue weighted by Crippen LogP contribution is -2.30. The molecular weight excluding hydrogens is 396 g/mol. The number of carbonyl (C=O) groups excluding carboxylic acids is 1. The van der Waals surface area contributed by atoms with E-state index in [0.717, 1.165) is 4.47 Å². The van der Waals surface area contributed by atoms with Crippen LogP contribution in [0.25, 0.3) is 0 Å². The van der Waals surface area contributed by atoms with Crippen molar-refractivity contribution in [1.82, 2.24) is 4.72 Å². The van der Waals surface area contributed by atoms with E-state index in [-0.39, 0.29) is 10.8 Å². The highest BCUT2D eigenvalue weighted by atomic mass is 79.9. The van der Waals surface area contributed by atoms with Gasteiger partial charge in [0.25, 0.3) is 5.91 Å². The predicted molar refractivity (Wildman–Crippen MR) is 95.5 cm³/mol. The Labute approximate surface area is 149 Å². The second-order valence-electron chi connectivity index (χ2n) is 4.94. The average molecular weight is 413 g/mol. The third kappa shape index (κ3) is 4.80. The molecular formula is C16H17BrN2O4S. The number of carbonyl (C=O) groups is 1. The lowest BCUT2D eigenvalue weighted by atomic mass is 10.3. The number of nitrogens with one attached hydrogen (secondary N) is 2. The maximum absolute atomic E-state index is 12.1. The molecule has 24 heavy (non-hydrogen) atoms. The van der Waals surface area contributed by atoms with Gasteiger partial charge in [-0.2, -0.15) is 0 Å². The quantitative estimate of drug-likeness (QED) is 0.763. The van der Waals surface area contributed by atoms with E-state index in [9.17, 15) is 13.2 Å². The summed E-state index contributed by atoms with van der Waals surface area (Å²) >= 11 is 3.33. The third-order valence-corrected chi connectivity index (χ3v) is 5.16. The van der Waals surface area contributed by atoms with Crippen molar-refractivity contribution in [3.63, 3.8) is 0 Å². The Morgan fingerprint density at radius 3 is 2.21 bits per heavy atom. The number of rotatable bonds is 6. The minimum absolute atomic E-state index is 0.127. The molecule has 2 aromatic rings. The second kappa shape index (κ2) is 7.78. The van der Waals surface area contributed by atoms with Crippen LogP contribution in [0.4, 0.5) is 5.69 Å². The number of amides is 1. The highest BCUT2D eigenvalue weighted by Gasteiger charge is 2.16. The molecule has 1 atom stereocenters. The molecule has 0 bridgehead atoms.